The fraction of sp³-hybridized carbons (Fsp3) is 0.533. The number of hydrogen-bond acceptors (Lipinski definition) is 10. The summed E-state index contributed by atoms with van der Waals surface area (Å²) in [7, 11) is 3.58. The first-order valence-corrected chi connectivity index (χ1v) is 13.9. The van der Waals surface area contributed by atoms with Crippen molar-refractivity contribution in [2.75, 3.05) is 40.3 Å². The maximum absolute atomic E-state index is 12.9. The number of fused-ring (bicyclic) bond motifs is 1. The molecule has 3 aromatic rings. The number of aliphatic hydroxyl groups is 1. The van der Waals surface area contributed by atoms with Crippen LogP contribution < -0.4 is 10.4 Å². The van der Waals surface area contributed by atoms with E-state index in [0.717, 1.165) is 42.8 Å². The zero-order chi connectivity index (χ0) is 29.5. The molecule has 0 radical (unpaired) electrons. The maximum Gasteiger partial charge on any atom is 0.355 e. The van der Waals surface area contributed by atoms with E-state index in [4.69, 9.17) is 23.4 Å². The van der Waals surface area contributed by atoms with Gasteiger partial charge in [-0.2, -0.15) is 0 Å². The molecule has 0 saturated carbocycles. The number of likely N-dealkylation sites (N-methyl/N-ethyl adjacent to an activating group) is 1. The van der Waals surface area contributed by atoms with Crippen molar-refractivity contribution in [3.05, 3.63) is 63.3 Å². The average Bonchev–Trinajstić information content (AvgIpc) is 3.36. The quantitative estimate of drug-likeness (QED) is 0.324. The highest BCUT2D eigenvalue weighted by Crippen LogP contribution is 2.36. The lowest BCUT2D eigenvalue weighted by Gasteiger charge is -2.47. The zero-order valence-electron chi connectivity index (χ0n) is 24.4. The van der Waals surface area contributed by atoms with Crippen molar-refractivity contribution in [2.45, 2.75) is 64.4 Å². The van der Waals surface area contributed by atoms with Crippen LogP contribution in [0, 0.1) is 13.8 Å². The van der Waals surface area contributed by atoms with E-state index in [-0.39, 0.29) is 5.69 Å². The molecule has 5 rings (SSSR count). The van der Waals surface area contributed by atoms with E-state index in [1.807, 2.05) is 13.0 Å². The lowest BCUT2D eigenvalue weighted by molar-refractivity contribution is -0.305. The number of aromatic amines is 1. The minimum absolute atomic E-state index is 0.263. The van der Waals surface area contributed by atoms with E-state index in [2.05, 4.69) is 21.8 Å². The van der Waals surface area contributed by atoms with Crippen LogP contribution in [0.25, 0.3) is 11.0 Å². The van der Waals surface area contributed by atoms with Crippen LogP contribution in [0.5, 0.6) is 5.75 Å². The lowest BCUT2D eigenvalue weighted by atomic mass is 9.89. The van der Waals surface area contributed by atoms with Gasteiger partial charge in [0.15, 0.2) is 12.2 Å². The molecule has 0 aliphatic carbocycles. The molecule has 2 N–H and O–H groups in total. The summed E-state index contributed by atoms with van der Waals surface area (Å²) in [5, 5.41) is 12.1. The Morgan fingerprint density at radius 1 is 1.15 bits per heavy atom. The molecule has 2 fully saturated rings. The molecule has 0 bridgehead atoms. The molecule has 2 aromatic heterocycles. The van der Waals surface area contributed by atoms with E-state index >= 15 is 0 Å². The number of rotatable bonds is 7. The monoisotopic (exact) mass is 569 g/mol. The van der Waals surface area contributed by atoms with Gasteiger partial charge >= 0.3 is 11.6 Å². The van der Waals surface area contributed by atoms with Gasteiger partial charge in [-0.15, -0.1) is 0 Å². The Morgan fingerprint density at radius 3 is 2.54 bits per heavy atom. The first-order chi connectivity index (χ1) is 19.5. The van der Waals surface area contributed by atoms with E-state index in [1.165, 1.54) is 7.11 Å². The van der Waals surface area contributed by atoms with E-state index in [9.17, 15) is 14.7 Å². The van der Waals surface area contributed by atoms with Crippen molar-refractivity contribution in [1.29, 1.82) is 0 Å². The molecule has 11 nitrogen and oxygen atoms in total. The van der Waals surface area contributed by atoms with Crippen LogP contribution in [0.15, 0.2) is 39.5 Å². The van der Waals surface area contributed by atoms with Gasteiger partial charge in [-0.05, 0) is 64.6 Å². The van der Waals surface area contributed by atoms with Crippen molar-refractivity contribution < 1.29 is 33.3 Å². The number of nitrogens with zero attached hydrogens (tertiary/aromatic N) is 2. The maximum atomic E-state index is 12.9. The highest BCUT2D eigenvalue weighted by atomic mass is 16.7. The molecule has 0 spiro atoms. The van der Waals surface area contributed by atoms with Crippen LogP contribution in [0.1, 0.15) is 41.2 Å². The number of aliphatic hydroxyl groups excluding tert-OH is 1. The van der Waals surface area contributed by atoms with Crippen molar-refractivity contribution >= 4 is 16.9 Å². The Kier molecular flexibility index (Phi) is 8.27. The van der Waals surface area contributed by atoms with E-state index in [0.29, 0.717) is 23.4 Å². The number of H-pyrrole nitrogens is 1. The molecule has 4 heterocycles. The third-order valence-corrected chi connectivity index (χ3v) is 8.00. The van der Waals surface area contributed by atoms with E-state index < -0.39 is 41.8 Å². The second-order valence-electron chi connectivity index (χ2n) is 11.5. The molecule has 4 atom stereocenters. The summed E-state index contributed by atoms with van der Waals surface area (Å²) in [6.07, 6.45) is -4.43. The number of nitrogens with one attached hydrogen (secondary N) is 1. The Balaban J connectivity index is 1.41. The fourth-order valence-corrected chi connectivity index (χ4v) is 5.66. The van der Waals surface area contributed by atoms with Crippen LogP contribution in [-0.4, -0.2) is 96.4 Å². The molecular weight excluding hydrogens is 530 g/mol. The number of esters is 1. The number of carbonyl (C=O) groups excluding carboxylic acids is 1. The summed E-state index contributed by atoms with van der Waals surface area (Å²) in [6.45, 7) is 11.6. The van der Waals surface area contributed by atoms with Gasteiger partial charge in [0, 0.05) is 62.5 Å². The summed E-state index contributed by atoms with van der Waals surface area (Å²) in [6, 6.07) is 8.56. The molecule has 41 heavy (non-hydrogen) atoms. The molecular formula is C30H39N3O8. The molecule has 2 aliphatic rings. The Morgan fingerprint density at radius 2 is 1.88 bits per heavy atom. The SMILES string of the molecule is CO[C@@H]1[C@@H](OC(=O)c2ccc(C)[nH]2)[C@@H](O)[C@H](Oc2ccc3c(CN4CCN(C)CC4)cc(=O)oc3c2C)OC1(C)C. The summed E-state index contributed by atoms with van der Waals surface area (Å²) in [4.78, 5) is 33.0. The minimum Gasteiger partial charge on any atom is -0.462 e. The normalized spacial score (nSPS) is 25.3. The number of ether oxygens (including phenoxy) is 4. The number of aryl methyl sites for hydroxylation is 2. The van der Waals surface area contributed by atoms with Gasteiger partial charge in [0.1, 0.15) is 23.1 Å². The van der Waals surface area contributed by atoms with Crippen molar-refractivity contribution in [1.82, 2.24) is 14.8 Å². The molecule has 2 aliphatic heterocycles. The number of aromatic nitrogens is 1. The smallest absolute Gasteiger partial charge is 0.355 e. The fourth-order valence-electron chi connectivity index (χ4n) is 5.66. The topological polar surface area (TPSA) is 127 Å². The zero-order valence-corrected chi connectivity index (χ0v) is 24.4. The molecule has 222 valence electrons. The summed E-state index contributed by atoms with van der Waals surface area (Å²) >= 11 is 0. The number of carbonyl (C=O) groups is 1. The van der Waals surface area contributed by atoms with Crippen LogP contribution in [0.3, 0.4) is 0 Å². The largest absolute Gasteiger partial charge is 0.462 e. The average molecular weight is 570 g/mol. The Labute approximate surface area is 238 Å². The van der Waals surface area contributed by atoms with Crippen LogP contribution in [0.4, 0.5) is 0 Å². The second-order valence-corrected chi connectivity index (χ2v) is 11.5. The van der Waals surface area contributed by atoms with Gasteiger partial charge < -0.3 is 38.4 Å². The minimum atomic E-state index is -1.38. The van der Waals surface area contributed by atoms with Crippen molar-refractivity contribution in [2.24, 2.45) is 0 Å². The number of piperazine rings is 1. The predicted octanol–water partition coefficient (Wildman–Crippen LogP) is 2.60. The van der Waals surface area contributed by atoms with Gasteiger partial charge in [-0.3, -0.25) is 4.90 Å². The van der Waals surface area contributed by atoms with Crippen molar-refractivity contribution in [3.8, 4) is 5.75 Å². The van der Waals surface area contributed by atoms with E-state index in [1.54, 1.807) is 45.0 Å². The molecule has 2 saturated heterocycles. The third kappa shape index (κ3) is 6.05. The molecule has 0 unspecified atom stereocenters. The predicted molar refractivity (Wildman–Crippen MR) is 151 cm³/mol. The van der Waals surface area contributed by atoms with Crippen LogP contribution in [0.2, 0.25) is 0 Å². The molecule has 11 heteroatoms. The van der Waals surface area contributed by atoms with Gasteiger partial charge in [0.25, 0.3) is 0 Å². The van der Waals surface area contributed by atoms with Gasteiger partial charge in [0.2, 0.25) is 6.29 Å². The van der Waals surface area contributed by atoms with Gasteiger partial charge in [-0.1, -0.05) is 0 Å². The second kappa shape index (κ2) is 11.6. The van der Waals surface area contributed by atoms with Gasteiger partial charge in [-0.25, -0.2) is 9.59 Å². The van der Waals surface area contributed by atoms with Crippen molar-refractivity contribution in [3.63, 3.8) is 0 Å². The van der Waals surface area contributed by atoms with Crippen LogP contribution in [-0.2, 0) is 20.8 Å². The van der Waals surface area contributed by atoms with Gasteiger partial charge in [0.05, 0.1) is 5.60 Å². The molecule has 0 amide bonds. The highest BCUT2D eigenvalue weighted by molar-refractivity contribution is 5.87. The number of benzene rings is 1. The highest BCUT2D eigenvalue weighted by Gasteiger charge is 2.53. The standard InChI is InChI=1S/C30H39N3O8/c1-17-7-9-21(31-17)28(36)40-26-24(35)29(41-30(3,4)27(26)37-6)38-22-10-8-20-19(15-23(34)39-25(20)18(22)2)16-33-13-11-32(5)12-14-33/h7-10,15,24,26-27,29,31,35H,11-14,16H2,1-6H3/t24-,26+,27-,29-/m1/s1. The Hall–Kier alpha value is -3.22. The third-order valence-electron chi connectivity index (χ3n) is 8.00. The Bertz CT molecular complexity index is 1460. The molecule has 1 aromatic carbocycles. The summed E-state index contributed by atoms with van der Waals surface area (Å²) in [5.74, 6) is -0.254. The summed E-state index contributed by atoms with van der Waals surface area (Å²) in [5.41, 5.74) is 1.55. The number of hydrogen-bond donors (Lipinski definition) is 2. The first kappa shape index (κ1) is 29.3. The summed E-state index contributed by atoms with van der Waals surface area (Å²) < 4.78 is 29.3. The number of methoxy groups -OCH3 is 1. The first-order valence-electron chi connectivity index (χ1n) is 13.9. The van der Waals surface area contributed by atoms with Crippen LogP contribution >= 0.6 is 0 Å². The lowest BCUT2D eigenvalue weighted by Crippen LogP contribution is -2.65.